The van der Waals surface area contributed by atoms with Gasteiger partial charge in [0.25, 0.3) is 0 Å². The first kappa shape index (κ1) is 18.1. The lowest BCUT2D eigenvalue weighted by Gasteiger charge is -2.09. The molecule has 0 aliphatic heterocycles. The van der Waals surface area contributed by atoms with E-state index in [1.807, 2.05) is 56.3 Å². The minimum absolute atomic E-state index is 0.0983. The summed E-state index contributed by atoms with van der Waals surface area (Å²) in [6.45, 7) is 4.02. The van der Waals surface area contributed by atoms with E-state index < -0.39 is 0 Å². The maximum atomic E-state index is 12.4. The average molecular weight is 390 g/mol. The summed E-state index contributed by atoms with van der Waals surface area (Å²) < 4.78 is 1.65. The quantitative estimate of drug-likeness (QED) is 0.525. The number of thioether (sulfide) groups is 1. The predicted octanol–water partition coefficient (Wildman–Crippen LogP) is 3.53. The van der Waals surface area contributed by atoms with Gasteiger partial charge in [-0.1, -0.05) is 23.9 Å². The molecule has 1 amide bonds. The first-order chi connectivity index (χ1) is 13.6. The van der Waals surface area contributed by atoms with Crippen LogP contribution < -0.4 is 5.32 Å². The number of carbonyl (C=O) groups is 1. The Morgan fingerprint density at radius 2 is 2.00 bits per heavy atom. The van der Waals surface area contributed by atoms with Crippen molar-refractivity contribution in [1.29, 1.82) is 0 Å². The second-order valence-corrected chi connectivity index (χ2v) is 7.24. The lowest BCUT2D eigenvalue weighted by Crippen LogP contribution is -2.15. The topological polar surface area (TPSA) is 85.1 Å². The van der Waals surface area contributed by atoms with Gasteiger partial charge in [0.1, 0.15) is 0 Å². The Labute approximate surface area is 166 Å². The van der Waals surface area contributed by atoms with Crippen molar-refractivity contribution in [2.75, 3.05) is 11.1 Å². The Morgan fingerprint density at radius 1 is 1.11 bits per heavy atom. The number of anilines is 1. The van der Waals surface area contributed by atoms with Crippen LogP contribution >= 0.6 is 11.8 Å². The molecule has 7 nitrogen and oxygen atoms in total. The van der Waals surface area contributed by atoms with Crippen molar-refractivity contribution in [3.05, 3.63) is 66.0 Å². The van der Waals surface area contributed by atoms with E-state index in [1.165, 1.54) is 11.8 Å². The van der Waals surface area contributed by atoms with E-state index in [1.54, 1.807) is 16.9 Å². The van der Waals surface area contributed by atoms with Crippen LogP contribution in [0.25, 0.3) is 16.9 Å². The van der Waals surface area contributed by atoms with Gasteiger partial charge in [-0.3, -0.25) is 9.78 Å². The van der Waals surface area contributed by atoms with E-state index in [0.29, 0.717) is 10.8 Å². The highest BCUT2D eigenvalue weighted by atomic mass is 32.2. The SMILES string of the molecule is Cc1cccc(NC(=O)CSc2nnc3ccc(-c4cccnc4)nn23)c1C. The molecule has 0 aliphatic carbocycles. The third kappa shape index (κ3) is 3.72. The second kappa shape index (κ2) is 7.77. The number of carbonyl (C=O) groups excluding carboxylic acids is 1. The van der Waals surface area contributed by atoms with Crippen molar-refractivity contribution in [3.8, 4) is 11.3 Å². The van der Waals surface area contributed by atoms with Gasteiger partial charge < -0.3 is 5.32 Å². The molecule has 0 saturated heterocycles. The van der Waals surface area contributed by atoms with Crippen LogP contribution in [0.15, 0.2) is 60.0 Å². The van der Waals surface area contributed by atoms with Crippen LogP contribution in [0, 0.1) is 13.8 Å². The molecule has 0 atom stereocenters. The molecule has 0 radical (unpaired) electrons. The highest BCUT2D eigenvalue weighted by Crippen LogP contribution is 2.21. The van der Waals surface area contributed by atoms with Gasteiger partial charge in [-0.05, 0) is 55.3 Å². The van der Waals surface area contributed by atoms with Crippen LogP contribution in [-0.4, -0.2) is 36.5 Å². The molecule has 0 spiro atoms. The molecule has 4 aromatic rings. The van der Waals surface area contributed by atoms with Crippen LogP contribution in [0.1, 0.15) is 11.1 Å². The molecule has 1 N–H and O–H groups in total. The lowest BCUT2D eigenvalue weighted by atomic mass is 10.1. The Morgan fingerprint density at radius 3 is 2.82 bits per heavy atom. The zero-order chi connectivity index (χ0) is 19.5. The molecule has 3 heterocycles. The van der Waals surface area contributed by atoms with Gasteiger partial charge in [-0.2, -0.15) is 9.61 Å². The first-order valence-electron chi connectivity index (χ1n) is 8.73. The summed E-state index contributed by atoms with van der Waals surface area (Å²) in [6.07, 6.45) is 3.47. The molecule has 8 heteroatoms. The Kier molecular flexibility index (Phi) is 5.03. The Hall–Kier alpha value is -3.26. The van der Waals surface area contributed by atoms with Crippen LogP contribution in [0.3, 0.4) is 0 Å². The van der Waals surface area contributed by atoms with Crippen molar-refractivity contribution < 1.29 is 4.79 Å². The van der Waals surface area contributed by atoms with Crippen molar-refractivity contribution in [2.45, 2.75) is 19.0 Å². The fourth-order valence-electron chi connectivity index (χ4n) is 2.73. The van der Waals surface area contributed by atoms with Crippen LogP contribution in [-0.2, 0) is 4.79 Å². The summed E-state index contributed by atoms with van der Waals surface area (Å²) in [5, 5.41) is 16.4. The number of benzene rings is 1. The number of aryl methyl sites for hydroxylation is 1. The van der Waals surface area contributed by atoms with Gasteiger partial charge in [-0.15, -0.1) is 10.2 Å². The maximum Gasteiger partial charge on any atom is 0.234 e. The minimum Gasteiger partial charge on any atom is -0.325 e. The second-order valence-electron chi connectivity index (χ2n) is 6.30. The number of amides is 1. The number of nitrogens with one attached hydrogen (secondary N) is 1. The van der Waals surface area contributed by atoms with Gasteiger partial charge in [-0.25, -0.2) is 0 Å². The molecule has 0 aliphatic rings. The molecule has 0 saturated carbocycles. The van der Waals surface area contributed by atoms with E-state index in [2.05, 4.69) is 25.6 Å². The number of hydrogen-bond donors (Lipinski definition) is 1. The zero-order valence-corrected chi connectivity index (χ0v) is 16.3. The minimum atomic E-state index is -0.0983. The number of pyridine rings is 1. The van der Waals surface area contributed by atoms with Crippen LogP contribution in [0.5, 0.6) is 0 Å². The predicted molar refractivity (Wildman–Crippen MR) is 109 cm³/mol. The average Bonchev–Trinajstić information content (AvgIpc) is 3.13. The summed E-state index contributed by atoms with van der Waals surface area (Å²) in [5.74, 6) is 0.117. The summed E-state index contributed by atoms with van der Waals surface area (Å²) >= 11 is 1.30. The maximum absolute atomic E-state index is 12.4. The van der Waals surface area contributed by atoms with Gasteiger partial charge >= 0.3 is 0 Å². The third-order valence-electron chi connectivity index (χ3n) is 4.40. The molecule has 28 heavy (non-hydrogen) atoms. The molecule has 3 aromatic heterocycles. The lowest BCUT2D eigenvalue weighted by molar-refractivity contribution is -0.113. The van der Waals surface area contributed by atoms with E-state index in [0.717, 1.165) is 28.1 Å². The number of nitrogens with zero attached hydrogens (tertiary/aromatic N) is 5. The molecule has 140 valence electrons. The highest BCUT2D eigenvalue weighted by Gasteiger charge is 2.12. The van der Waals surface area contributed by atoms with Crippen LogP contribution in [0.4, 0.5) is 5.69 Å². The van der Waals surface area contributed by atoms with Crippen molar-refractivity contribution in [3.63, 3.8) is 0 Å². The van der Waals surface area contributed by atoms with Gasteiger partial charge in [0.2, 0.25) is 11.1 Å². The summed E-state index contributed by atoms with van der Waals surface area (Å²) in [5.41, 5.74) is 5.33. The smallest absolute Gasteiger partial charge is 0.234 e. The number of fused-ring (bicyclic) bond motifs is 1. The fourth-order valence-corrected chi connectivity index (χ4v) is 3.42. The third-order valence-corrected chi connectivity index (χ3v) is 5.32. The van der Waals surface area contributed by atoms with Gasteiger partial charge in [0.05, 0.1) is 11.4 Å². The van der Waals surface area contributed by atoms with Crippen LogP contribution in [0.2, 0.25) is 0 Å². The Bertz CT molecular complexity index is 1140. The number of rotatable bonds is 5. The van der Waals surface area contributed by atoms with Crippen molar-refractivity contribution >= 4 is 29.0 Å². The van der Waals surface area contributed by atoms with E-state index in [-0.39, 0.29) is 11.7 Å². The zero-order valence-electron chi connectivity index (χ0n) is 15.5. The number of aromatic nitrogens is 5. The van der Waals surface area contributed by atoms with E-state index in [9.17, 15) is 4.79 Å². The molecule has 4 rings (SSSR count). The summed E-state index contributed by atoms with van der Waals surface area (Å²) in [7, 11) is 0. The highest BCUT2D eigenvalue weighted by molar-refractivity contribution is 7.99. The molecule has 0 bridgehead atoms. The molecule has 0 unspecified atom stereocenters. The Balaban J connectivity index is 1.50. The molecular weight excluding hydrogens is 372 g/mol. The molecular formula is C20H18N6OS. The first-order valence-corrected chi connectivity index (χ1v) is 9.72. The largest absolute Gasteiger partial charge is 0.325 e. The monoisotopic (exact) mass is 390 g/mol. The van der Waals surface area contributed by atoms with E-state index in [4.69, 9.17) is 0 Å². The fraction of sp³-hybridized carbons (Fsp3) is 0.150. The summed E-state index contributed by atoms with van der Waals surface area (Å²) in [6, 6.07) is 13.4. The normalized spacial score (nSPS) is 10.9. The van der Waals surface area contributed by atoms with Gasteiger partial charge in [0.15, 0.2) is 5.65 Å². The summed E-state index contributed by atoms with van der Waals surface area (Å²) in [4.78, 5) is 16.5. The molecule has 0 fully saturated rings. The van der Waals surface area contributed by atoms with E-state index >= 15 is 0 Å². The number of hydrogen-bond acceptors (Lipinski definition) is 6. The van der Waals surface area contributed by atoms with Crippen molar-refractivity contribution in [2.24, 2.45) is 0 Å². The molecule has 1 aromatic carbocycles. The van der Waals surface area contributed by atoms with Crippen molar-refractivity contribution in [1.82, 2.24) is 24.8 Å². The standard InChI is InChI=1S/C20H18N6OS/c1-13-5-3-7-16(14(13)2)22-19(27)12-28-20-24-23-18-9-8-17(25-26(18)20)15-6-4-10-21-11-15/h3-11H,12H2,1-2H3,(H,22,27). The van der Waals surface area contributed by atoms with Gasteiger partial charge in [0, 0.05) is 23.6 Å².